The van der Waals surface area contributed by atoms with Crippen LogP contribution >= 0.6 is 0 Å². The van der Waals surface area contributed by atoms with Crippen LogP contribution in [0.5, 0.6) is 0 Å². The Balaban J connectivity index is 2.28. The van der Waals surface area contributed by atoms with Gasteiger partial charge in [-0.2, -0.15) is 4.31 Å². The smallest absolute Gasteiger partial charge is 0.221 e. The predicted molar refractivity (Wildman–Crippen MR) is 86.2 cm³/mol. The molecule has 1 aliphatic heterocycles. The van der Waals surface area contributed by atoms with Crippen molar-refractivity contribution in [3.63, 3.8) is 0 Å². The van der Waals surface area contributed by atoms with E-state index in [4.69, 9.17) is 4.74 Å². The van der Waals surface area contributed by atoms with E-state index in [0.29, 0.717) is 6.54 Å². The van der Waals surface area contributed by atoms with Crippen LogP contribution in [0.3, 0.4) is 0 Å². The van der Waals surface area contributed by atoms with Crippen molar-refractivity contribution in [3.05, 3.63) is 0 Å². The lowest BCUT2D eigenvalue weighted by Gasteiger charge is -2.27. The standard InChI is InChI=1S/C14H29N3O4S/c1-4-13(2)17(22(3,19)20)7-5-14(18)15-6-8-16-9-11-21-12-10-16/h13H,4-12H2,1-3H3,(H,15,18). The predicted octanol–water partition coefficient (Wildman–Crippen LogP) is -0.115. The van der Waals surface area contributed by atoms with Crippen LogP contribution in [0.25, 0.3) is 0 Å². The molecule has 1 N–H and O–H groups in total. The lowest BCUT2D eigenvalue weighted by atomic mass is 10.2. The Morgan fingerprint density at radius 1 is 1.36 bits per heavy atom. The van der Waals surface area contributed by atoms with Gasteiger partial charge in [0, 0.05) is 45.2 Å². The van der Waals surface area contributed by atoms with Crippen molar-refractivity contribution in [2.45, 2.75) is 32.7 Å². The fourth-order valence-electron chi connectivity index (χ4n) is 2.40. The molecule has 1 unspecified atom stereocenters. The topological polar surface area (TPSA) is 79.0 Å². The molecule has 0 spiro atoms. The summed E-state index contributed by atoms with van der Waals surface area (Å²) < 4.78 is 30.1. The highest BCUT2D eigenvalue weighted by molar-refractivity contribution is 7.88. The molecule has 0 saturated carbocycles. The molecule has 0 bridgehead atoms. The maximum absolute atomic E-state index is 11.9. The molecule has 130 valence electrons. The Bertz CT molecular complexity index is 435. The summed E-state index contributed by atoms with van der Waals surface area (Å²) in [4.78, 5) is 14.1. The molecule has 1 aliphatic rings. The number of amides is 1. The molecule has 1 saturated heterocycles. The van der Waals surface area contributed by atoms with Gasteiger partial charge in [-0.25, -0.2) is 8.42 Å². The van der Waals surface area contributed by atoms with Crippen molar-refractivity contribution in [1.82, 2.24) is 14.5 Å². The SMILES string of the molecule is CCC(C)N(CCC(=O)NCCN1CCOCC1)S(C)(=O)=O. The fraction of sp³-hybridized carbons (Fsp3) is 0.929. The van der Waals surface area contributed by atoms with E-state index < -0.39 is 10.0 Å². The van der Waals surface area contributed by atoms with Gasteiger partial charge >= 0.3 is 0 Å². The van der Waals surface area contributed by atoms with Gasteiger partial charge in [0.2, 0.25) is 15.9 Å². The first-order valence-corrected chi connectivity index (χ1v) is 9.73. The number of sulfonamides is 1. The van der Waals surface area contributed by atoms with E-state index in [2.05, 4.69) is 10.2 Å². The van der Waals surface area contributed by atoms with Crippen molar-refractivity contribution in [3.8, 4) is 0 Å². The lowest BCUT2D eigenvalue weighted by molar-refractivity contribution is -0.121. The normalized spacial score (nSPS) is 18.4. The van der Waals surface area contributed by atoms with E-state index in [1.165, 1.54) is 10.6 Å². The minimum atomic E-state index is -3.28. The zero-order valence-electron chi connectivity index (χ0n) is 13.9. The Morgan fingerprint density at radius 2 is 2.00 bits per heavy atom. The van der Waals surface area contributed by atoms with E-state index in [1.807, 2.05) is 13.8 Å². The van der Waals surface area contributed by atoms with E-state index >= 15 is 0 Å². The van der Waals surface area contributed by atoms with Crippen LogP contribution in [0.2, 0.25) is 0 Å². The highest BCUT2D eigenvalue weighted by Gasteiger charge is 2.22. The molecule has 0 aromatic carbocycles. The Morgan fingerprint density at radius 3 is 2.55 bits per heavy atom. The number of ether oxygens (including phenoxy) is 1. The van der Waals surface area contributed by atoms with Gasteiger partial charge in [0.25, 0.3) is 0 Å². The third-order valence-corrected chi connectivity index (χ3v) is 5.32. The quantitative estimate of drug-likeness (QED) is 0.636. The fourth-order valence-corrected chi connectivity index (χ4v) is 3.62. The average Bonchev–Trinajstić information content (AvgIpc) is 2.46. The van der Waals surface area contributed by atoms with Crippen molar-refractivity contribution in [1.29, 1.82) is 0 Å². The second-order valence-corrected chi connectivity index (χ2v) is 7.62. The number of rotatable bonds is 9. The van der Waals surface area contributed by atoms with Crippen LogP contribution in [0.4, 0.5) is 0 Å². The van der Waals surface area contributed by atoms with Crippen LogP contribution in [0.1, 0.15) is 26.7 Å². The van der Waals surface area contributed by atoms with Crippen molar-refractivity contribution >= 4 is 15.9 Å². The number of carbonyl (C=O) groups excluding carboxylic acids is 1. The molecule has 0 radical (unpaired) electrons. The maximum Gasteiger partial charge on any atom is 0.221 e. The minimum Gasteiger partial charge on any atom is -0.379 e. The molecule has 1 heterocycles. The number of morpholine rings is 1. The number of hydrogen-bond acceptors (Lipinski definition) is 5. The van der Waals surface area contributed by atoms with Crippen molar-refractivity contribution < 1.29 is 17.9 Å². The van der Waals surface area contributed by atoms with Crippen LogP contribution < -0.4 is 5.32 Å². The zero-order valence-corrected chi connectivity index (χ0v) is 14.7. The number of nitrogens with one attached hydrogen (secondary N) is 1. The third-order valence-electron chi connectivity index (χ3n) is 3.92. The first-order valence-electron chi connectivity index (χ1n) is 7.88. The van der Waals surface area contributed by atoms with E-state index in [-0.39, 0.29) is 24.9 Å². The summed E-state index contributed by atoms with van der Waals surface area (Å²) in [6.45, 7) is 8.69. The molecule has 1 fully saturated rings. The van der Waals surface area contributed by atoms with Crippen LogP contribution in [0.15, 0.2) is 0 Å². The molecule has 0 aromatic heterocycles. The summed E-state index contributed by atoms with van der Waals surface area (Å²) in [7, 11) is -3.28. The molecule has 0 aliphatic carbocycles. The van der Waals surface area contributed by atoms with E-state index in [1.54, 1.807) is 0 Å². The average molecular weight is 335 g/mol. The lowest BCUT2D eigenvalue weighted by Crippen LogP contribution is -2.43. The second-order valence-electron chi connectivity index (χ2n) is 5.68. The first-order chi connectivity index (χ1) is 10.3. The Hall–Kier alpha value is -0.700. The van der Waals surface area contributed by atoms with Gasteiger partial charge in [-0.3, -0.25) is 9.69 Å². The molecule has 1 amide bonds. The summed E-state index contributed by atoms with van der Waals surface area (Å²) in [6.07, 6.45) is 2.11. The van der Waals surface area contributed by atoms with Crippen molar-refractivity contribution in [2.75, 3.05) is 52.2 Å². The molecular weight excluding hydrogens is 306 g/mol. The van der Waals surface area contributed by atoms with Gasteiger partial charge < -0.3 is 10.1 Å². The van der Waals surface area contributed by atoms with Gasteiger partial charge in [0.1, 0.15) is 0 Å². The molecular formula is C14H29N3O4S. The summed E-state index contributed by atoms with van der Waals surface area (Å²) in [5, 5.41) is 2.85. The van der Waals surface area contributed by atoms with Crippen molar-refractivity contribution in [2.24, 2.45) is 0 Å². The molecule has 0 aromatic rings. The number of nitrogens with zero attached hydrogens (tertiary/aromatic N) is 2. The Labute approximate surface area is 134 Å². The van der Waals surface area contributed by atoms with Crippen LogP contribution in [-0.2, 0) is 19.6 Å². The van der Waals surface area contributed by atoms with Gasteiger partial charge in [0.15, 0.2) is 0 Å². The van der Waals surface area contributed by atoms with Gasteiger partial charge in [-0.05, 0) is 13.3 Å². The summed E-state index contributed by atoms with van der Waals surface area (Å²) in [5.74, 6) is -0.106. The summed E-state index contributed by atoms with van der Waals surface area (Å²) >= 11 is 0. The molecule has 8 heteroatoms. The maximum atomic E-state index is 11.9. The van der Waals surface area contributed by atoms with Crippen LogP contribution in [0, 0.1) is 0 Å². The van der Waals surface area contributed by atoms with Crippen LogP contribution in [-0.4, -0.2) is 81.8 Å². The molecule has 22 heavy (non-hydrogen) atoms. The van der Waals surface area contributed by atoms with Gasteiger partial charge in [-0.15, -0.1) is 0 Å². The molecule has 1 atom stereocenters. The summed E-state index contributed by atoms with van der Waals surface area (Å²) in [5.41, 5.74) is 0. The first kappa shape index (κ1) is 19.3. The van der Waals surface area contributed by atoms with Gasteiger partial charge in [0.05, 0.1) is 19.5 Å². The number of carbonyl (C=O) groups is 1. The molecule has 1 rings (SSSR count). The highest BCUT2D eigenvalue weighted by Crippen LogP contribution is 2.09. The van der Waals surface area contributed by atoms with E-state index in [9.17, 15) is 13.2 Å². The Kier molecular flexibility index (Phi) is 8.30. The largest absolute Gasteiger partial charge is 0.379 e. The van der Waals surface area contributed by atoms with Gasteiger partial charge in [-0.1, -0.05) is 6.92 Å². The third kappa shape index (κ3) is 7.04. The summed E-state index contributed by atoms with van der Waals surface area (Å²) in [6, 6.07) is -0.0869. The molecule has 7 nitrogen and oxygen atoms in total. The zero-order chi connectivity index (χ0) is 16.6. The second kappa shape index (κ2) is 9.44. The van der Waals surface area contributed by atoms with E-state index in [0.717, 1.165) is 39.3 Å². The highest BCUT2D eigenvalue weighted by atomic mass is 32.2. The minimum absolute atomic E-state index is 0.0869. The number of hydrogen-bond donors (Lipinski definition) is 1. The monoisotopic (exact) mass is 335 g/mol.